The van der Waals surface area contributed by atoms with E-state index in [9.17, 15) is 24.6 Å². The summed E-state index contributed by atoms with van der Waals surface area (Å²) < 4.78 is 20.5. The maximum Gasteiger partial charge on any atom is 0.259 e. The van der Waals surface area contributed by atoms with Gasteiger partial charge in [-0.2, -0.15) is 0 Å². The number of benzene rings is 3. The van der Waals surface area contributed by atoms with Gasteiger partial charge in [0.2, 0.25) is 5.88 Å². The van der Waals surface area contributed by atoms with E-state index in [1.54, 1.807) is 73.8 Å². The summed E-state index contributed by atoms with van der Waals surface area (Å²) in [5, 5.41) is 26.9. The highest BCUT2D eigenvalue weighted by Gasteiger charge is 2.38. The van der Waals surface area contributed by atoms with Crippen molar-refractivity contribution in [3.63, 3.8) is 0 Å². The molecule has 0 spiro atoms. The Hall–Kier alpha value is -6.23. The van der Waals surface area contributed by atoms with Crippen molar-refractivity contribution in [3.05, 3.63) is 153 Å². The Balaban J connectivity index is 1.31. The number of fused-ring (bicyclic) bond motifs is 4. The van der Waals surface area contributed by atoms with E-state index in [0.29, 0.717) is 47.3 Å². The second kappa shape index (κ2) is 15.6. The van der Waals surface area contributed by atoms with Gasteiger partial charge in [0, 0.05) is 47.0 Å². The topological polar surface area (TPSA) is 173 Å². The maximum atomic E-state index is 14.8. The molecule has 4 N–H and O–H groups in total. The Kier molecular flexibility index (Phi) is 10.4. The van der Waals surface area contributed by atoms with Crippen molar-refractivity contribution in [2.24, 2.45) is 5.92 Å². The quantitative estimate of drug-likeness (QED) is 0.150. The van der Waals surface area contributed by atoms with Gasteiger partial charge in [-0.25, -0.2) is 0 Å². The van der Waals surface area contributed by atoms with Gasteiger partial charge >= 0.3 is 0 Å². The first-order valence-corrected chi connectivity index (χ1v) is 19.4. The van der Waals surface area contributed by atoms with Crippen LogP contribution in [-0.4, -0.2) is 63.2 Å². The van der Waals surface area contributed by atoms with Crippen molar-refractivity contribution in [1.29, 1.82) is 0 Å². The van der Waals surface area contributed by atoms with Crippen LogP contribution in [0.4, 0.5) is 0 Å². The molecule has 0 saturated carbocycles. The van der Waals surface area contributed by atoms with Crippen LogP contribution in [0.25, 0.3) is 11.4 Å². The third kappa shape index (κ3) is 6.92. The highest BCUT2D eigenvalue weighted by molar-refractivity contribution is 7.71. The van der Waals surface area contributed by atoms with Crippen molar-refractivity contribution in [2.45, 2.75) is 31.3 Å². The summed E-state index contributed by atoms with van der Waals surface area (Å²) >= 11 is 11.1. The van der Waals surface area contributed by atoms with Gasteiger partial charge in [-0.15, -0.1) is 0 Å². The molecule has 8 rings (SSSR count). The molecule has 6 aromatic rings. The van der Waals surface area contributed by atoms with Gasteiger partial charge in [-0.05, 0) is 109 Å². The molecule has 3 aromatic carbocycles. The van der Waals surface area contributed by atoms with Crippen LogP contribution in [-0.2, 0) is 13.1 Å². The smallest absolute Gasteiger partial charge is 0.259 e. The number of aromatic amines is 2. The van der Waals surface area contributed by atoms with E-state index in [-0.39, 0.29) is 38.1 Å². The van der Waals surface area contributed by atoms with Crippen molar-refractivity contribution in [2.75, 3.05) is 34.4 Å². The second-order valence-corrected chi connectivity index (χ2v) is 15.4. The van der Waals surface area contributed by atoms with Gasteiger partial charge in [0.15, 0.2) is 9.54 Å². The number of quaternary nitrogens is 1. The molecule has 3 aromatic heterocycles. The highest BCUT2D eigenvalue weighted by atomic mass is 32.1. The van der Waals surface area contributed by atoms with E-state index in [4.69, 9.17) is 38.6 Å². The Bertz CT molecular complexity index is 2720. The third-order valence-electron chi connectivity index (χ3n) is 11.2. The molecule has 58 heavy (non-hydrogen) atoms. The molecule has 2 aliphatic rings. The van der Waals surface area contributed by atoms with Crippen molar-refractivity contribution in [3.8, 4) is 40.4 Å². The second-order valence-electron chi connectivity index (χ2n) is 14.6. The molecule has 16 heteroatoms. The van der Waals surface area contributed by atoms with Crippen LogP contribution in [0.5, 0.6) is 29.0 Å². The molecule has 1 fully saturated rings. The minimum absolute atomic E-state index is 0.0109. The monoisotopic (exact) mass is 820 g/mol. The fourth-order valence-corrected chi connectivity index (χ4v) is 9.21. The lowest BCUT2D eigenvalue weighted by molar-refractivity contribution is -0.924. The first-order valence-electron chi connectivity index (χ1n) is 18.6. The number of nitrogens with zero attached hydrogens (tertiary/aromatic N) is 3. The van der Waals surface area contributed by atoms with E-state index in [1.165, 1.54) is 28.3 Å². The molecule has 298 valence electrons. The Morgan fingerprint density at radius 3 is 2.07 bits per heavy atom. The number of ether oxygens (including phenoxy) is 3. The number of pyridine rings is 1. The SMILES string of the molecule is COc1ccc(-n2c([O-])c(C(c3ccc(OC)c(C[NH+]4C[C@@H]5C[C@H](C4)c4cccc(=O)n4C5)c3)c3c(O)n(-c4ccc(OC)cc4)c(=S)[nH]c3=O)c(=O)[nH]c2=S)cc1. The molecule has 0 amide bonds. The van der Waals surface area contributed by atoms with Gasteiger partial charge in [0.1, 0.15) is 23.8 Å². The van der Waals surface area contributed by atoms with Crippen LogP contribution in [0.2, 0.25) is 0 Å². The number of hydrogen-bond donors (Lipinski definition) is 4. The van der Waals surface area contributed by atoms with E-state index in [2.05, 4.69) is 9.97 Å². The number of methoxy groups -OCH3 is 3. The largest absolute Gasteiger partial charge is 0.859 e. The molecule has 4 atom stereocenters. The van der Waals surface area contributed by atoms with E-state index in [0.717, 1.165) is 30.8 Å². The number of piperidine rings is 1. The molecule has 5 heterocycles. The lowest BCUT2D eigenvalue weighted by Crippen LogP contribution is -3.13. The molecule has 0 radical (unpaired) electrons. The summed E-state index contributed by atoms with van der Waals surface area (Å²) in [5.41, 5.74) is 0.631. The average Bonchev–Trinajstić information content (AvgIpc) is 3.21. The summed E-state index contributed by atoms with van der Waals surface area (Å²) in [6.45, 7) is 2.73. The van der Waals surface area contributed by atoms with E-state index < -0.39 is 28.8 Å². The summed E-state index contributed by atoms with van der Waals surface area (Å²) in [5.74, 6) is -0.655. The van der Waals surface area contributed by atoms with Crippen LogP contribution in [0.1, 0.15) is 46.2 Å². The predicted octanol–water partition coefficient (Wildman–Crippen LogP) is 3.45. The Labute approximate surface area is 341 Å². The lowest BCUT2D eigenvalue weighted by Gasteiger charge is -2.40. The maximum absolute atomic E-state index is 14.8. The average molecular weight is 821 g/mol. The van der Waals surface area contributed by atoms with Gasteiger partial charge in [-0.1, -0.05) is 12.1 Å². The minimum Gasteiger partial charge on any atom is -0.859 e. The number of hydrogen-bond acceptors (Lipinski definition) is 10. The molecule has 2 bridgehead atoms. The zero-order valence-electron chi connectivity index (χ0n) is 31.8. The number of aromatic hydroxyl groups is 1. The normalized spacial score (nSPS) is 17.6. The molecule has 2 unspecified atom stereocenters. The number of nitrogens with one attached hydrogen (secondary N) is 3. The number of rotatable bonds is 10. The Morgan fingerprint density at radius 1 is 0.810 bits per heavy atom. The zero-order valence-corrected chi connectivity index (χ0v) is 33.4. The van der Waals surface area contributed by atoms with Crippen molar-refractivity contribution < 1.29 is 29.3 Å². The Morgan fingerprint density at radius 2 is 1.43 bits per heavy atom. The van der Waals surface area contributed by atoms with Crippen LogP contribution in [0.3, 0.4) is 0 Å². The van der Waals surface area contributed by atoms with E-state index >= 15 is 0 Å². The molecular formula is C42H40N6O8S2. The van der Waals surface area contributed by atoms with Crippen LogP contribution >= 0.6 is 24.4 Å². The lowest BCUT2D eigenvalue weighted by atomic mass is 9.82. The van der Waals surface area contributed by atoms with E-state index in [1.807, 2.05) is 22.8 Å². The summed E-state index contributed by atoms with van der Waals surface area (Å²) in [6, 6.07) is 23.9. The summed E-state index contributed by atoms with van der Waals surface area (Å²) in [4.78, 5) is 47.6. The number of aromatic nitrogens is 5. The van der Waals surface area contributed by atoms with Crippen molar-refractivity contribution >= 4 is 24.4 Å². The molecule has 0 aliphatic carbocycles. The number of likely N-dealkylation sites (tertiary alicyclic amines) is 1. The van der Waals surface area contributed by atoms with Gasteiger partial charge < -0.3 is 38.5 Å². The molecule has 1 saturated heterocycles. The van der Waals surface area contributed by atoms with Crippen LogP contribution < -0.4 is 40.9 Å². The highest BCUT2D eigenvalue weighted by Crippen LogP contribution is 2.39. The van der Waals surface area contributed by atoms with Crippen LogP contribution in [0.15, 0.2) is 99.3 Å². The third-order valence-corrected chi connectivity index (χ3v) is 11.8. The van der Waals surface area contributed by atoms with Gasteiger partial charge in [0.25, 0.3) is 16.7 Å². The fourth-order valence-electron chi connectivity index (χ4n) is 8.65. The zero-order chi connectivity index (χ0) is 40.8. The minimum atomic E-state index is -1.43. The van der Waals surface area contributed by atoms with Gasteiger partial charge in [-0.3, -0.25) is 28.9 Å². The van der Waals surface area contributed by atoms with Crippen molar-refractivity contribution in [1.82, 2.24) is 23.7 Å². The standard InChI is InChI=1S/C42H40N6O8S2/c1-54-29-12-8-27(9-13-29)47-39(52)35(37(50)43-41(47)57)34(36-38(51)44-42(58)48(40(36)53)28-10-14-30(55-2)15-11-28)24-7-16-32(56-3)26(18-24)22-45-19-23-17-25(21-45)31-5-4-6-33(49)46(31)20-23/h4-16,18,23,25,34,52-53H,17,19-22H2,1-3H3,(H,43,50,57)(H,44,51,58)/t23-,25+/m0/s1. The first-order chi connectivity index (χ1) is 28.0. The molecule has 14 nitrogen and oxygen atoms in total. The molecule has 2 aliphatic heterocycles. The number of H-pyrrole nitrogens is 2. The summed E-state index contributed by atoms with van der Waals surface area (Å²) in [6.07, 6.45) is 0.989. The predicted molar refractivity (Wildman–Crippen MR) is 219 cm³/mol. The van der Waals surface area contributed by atoms with Gasteiger partial charge in [0.05, 0.1) is 51.6 Å². The van der Waals surface area contributed by atoms with Crippen LogP contribution in [0, 0.1) is 15.5 Å². The first kappa shape index (κ1) is 38.6. The molecular weight excluding hydrogens is 781 g/mol. The summed E-state index contributed by atoms with van der Waals surface area (Å²) in [7, 11) is 4.60. The fraction of sp³-hybridized carbons (Fsp3) is 0.262.